The summed E-state index contributed by atoms with van der Waals surface area (Å²) >= 11 is 0. The van der Waals surface area contributed by atoms with Gasteiger partial charge in [0, 0.05) is 37.9 Å². The van der Waals surface area contributed by atoms with Crippen LogP contribution in [0.25, 0.3) is 134 Å². The summed E-state index contributed by atoms with van der Waals surface area (Å²) in [5.74, 6) is 0. The van der Waals surface area contributed by atoms with Gasteiger partial charge in [-0.05, 0) is 183 Å². The summed E-state index contributed by atoms with van der Waals surface area (Å²) in [6.07, 6.45) is 3.64. The van der Waals surface area contributed by atoms with Crippen LogP contribution in [0.5, 0.6) is 0 Å². The van der Waals surface area contributed by atoms with Crippen molar-refractivity contribution in [1.29, 1.82) is 0 Å². The van der Waals surface area contributed by atoms with E-state index in [2.05, 4.69) is 339 Å². The monoisotopic (exact) mass is 1380 g/mol. The van der Waals surface area contributed by atoms with E-state index in [4.69, 9.17) is 0 Å². The molecule has 0 aliphatic rings. The van der Waals surface area contributed by atoms with Gasteiger partial charge in [-0.1, -0.05) is 269 Å². The average Bonchev–Trinajstić information content (AvgIpc) is 0.873. The summed E-state index contributed by atoms with van der Waals surface area (Å²) in [7, 11) is 0. The second kappa shape index (κ2) is 28.5. The third-order valence-electron chi connectivity index (χ3n) is 17.6. The molecule has 3 heteroatoms. The molecular weight excluding hydrogens is 1310 g/mol. The van der Waals surface area contributed by atoms with Crippen LogP contribution in [0.4, 0.5) is 0 Å². The molecule has 13 aromatic carbocycles. The van der Waals surface area contributed by atoms with Crippen molar-refractivity contribution in [3.63, 3.8) is 0 Å². The predicted molar refractivity (Wildman–Crippen MR) is 390 cm³/mol. The second-order valence-corrected chi connectivity index (χ2v) is 24.0. The van der Waals surface area contributed by atoms with Gasteiger partial charge in [0.25, 0.3) is 0 Å². The molecule has 0 aliphatic heterocycles. The van der Waals surface area contributed by atoms with Gasteiger partial charge >= 0.3 is 0 Å². The number of hydrogen-bond acceptors (Lipinski definition) is 2. The molecule has 0 saturated carbocycles. The topological polar surface area (TPSA) is 25.8 Å². The van der Waals surface area contributed by atoms with Gasteiger partial charge < -0.3 is 9.97 Å². The van der Waals surface area contributed by atoms with Crippen LogP contribution in [0, 0.1) is 12.1 Å². The van der Waals surface area contributed by atoms with Crippen molar-refractivity contribution < 1.29 is 20.1 Å². The molecule has 94 heavy (non-hydrogen) atoms. The second-order valence-electron chi connectivity index (χ2n) is 24.0. The summed E-state index contributed by atoms with van der Waals surface area (Å²) in [5.41, 5.74) is 30.3. The van der Waals surface area contributed by atoms with Crippen molar-refractivity contribution in [3.8, 4) is 134 Å². The van der Waals surface area contributed by atoms with Crippen molar-refractivity contribution in [2.24, 2.45) is 0 Å². The molecule has 15 aromatic rings. The number of pyridine rings is 2. The van der Waals surface area contributed by atoms with E-state index >= 15 is 0 Å². The Morgan fingerprint density at radius 3 is 0.734 bits per heavy atom. The smallest absolute Gasteiger partial charge is 0.0160 e. The molecule has 0 unspecified atom stereocenters. The quantitative estimate of drug-likeness (QED) is 0.101. The first-order valence-electron chi connectivity index (χ1n) is 31.7. The Kier molecular flexibility index (Phi) is 18.7. The Bertz CT molecular complexity index is 4900. The van der Waals surface area contributed by atoms with Crippen LogP contribution in [-0.2, 0) is 25.5 Å². The van der Waals surface area contributed by atoms with E-state index in [1.165, 1.54) is 111 Å². The summed E-state index contributed by atoms with van der Waals surface area (Å²) < 4.78 is 0. The molecule has 0 amide bonds. The van der Waals surface area contributed by atoms with Crippen LogP contribution >= 0.6 is 0 Å². The van der Waals surface area contributed by atoms with E-state index in [9.17, 15) is 0 Å². The van der Waals surface area contributed by atoms with Crippen molar-refractivity contribution in [3.05, 3.63) is 388 Å². The summed E-state index contributed by atoms with van der Waals surface area (Å²) in [6.45, 7) is 4.59. The van der Waals surface area contributed by atoms with Crippen LogP contribution in [0.3, 0.4) is 0 Å². The van der Waals surface area contributed by atoms with Gasteiger partial charge in [0.05, 0.1) is 0 Å². The van der Waals surface area contributed by atoms with Crippen molar-refractivity contribution >= 4 is 0 Å². The van der Waals surface area contributed by atoms with Gasteiger partial charge in [-0.15, -0.1) is 70.8 Å². The molecule has 1 radical (unpaired) electrons. The standard InChI is InChI=1S/C50H38N.C41H28N.Ir/c1-50(2,47-23-4-3-5-24-47)48-28-26-36(27-29-48)37-13-8-14-38(31-37)39-15-9-16-40(32-39)41-17-10-18-42(33-41)43-19-11-20-44(34-43)45-21-12-22-46(35-45)49-25-6-7-30-51-49;1-2-11-30(12-3-1)31-13-6-14-32(25-31)33-15-7-16-34(26-33)35-17-8-18-36(27-35)37-19-9-20-38(28-37)39-21-10-22-40(29-39)41-23-4-5-24-42-41;/h3-21,23-35H,1-2H3;1-21,23-29H;/q2*-1;. The maximum atomic E-state index is 4.52. The molecule has 2 aromatic heterocycles. The fraction of sp³-hybridized carbons (Fsp3) is 0.0330. The zero-order valence-electron chi connectivity index (χ0n) is 52.4. The normalized spacial score (nSPS) is 11.0. The maximum absolute atomic E-state index is 4.52. The minimum atomic E-state index is -0.0621. The molecule has 451 valence electrons. The summed E-state index contributed by atoms with van der Waals surface area (Å²) in [6, 6.07) is 132. The molecule has 15 rings (SSSR count). The van der Waals surface area contributed by atoms with Gasteiger partial charge in [-0.2, -0.15) is 0 Å². The summed E-state index contributed by atoms with van der Waals surface area (Å²) in [5, 5.41) is 0. The predicted octanol–water partition coefficient (Wildman–Crippen LogP) is 24.1. The Morgan fingerprint density at radius 1 is 0.213 bits per heavy atom. The molecule has 0 bridgehead atoms. The maximum Gasteiger partial charge on any atom is 0.0160 e. The van der Waals surface area contributed by atoms with Gasteiger partial charge in [-0.3, -0.25) is 0 Å². The molecule has 0 fully saturated rings. The van der Waals surface area contributed by atoms with Crippen molar-refractivity contribution in [2.75, 3.05) is 0 Å². The van der Waals surface area contributed by atoms with Crippen molar-refractivity contribution in [1.82, 2.24) is 9.97 Å². The van der Waals surface area contributed by atoms with Gasteiger partial charge in [-0.25, -0.2) is 0 Å². The minimum absolute atomic E-state index is 0. The SMILES string of the molecule is CC(C)(c1ccccc1)c1ccc(-c2cccc(-c3cccc(-c4cccc(-c5cccc(-c6cc[c-]c(-c7ccccn7)c6)c5)c4)c3)c2)cc1.[Ir].[c-]1ccc(-c2cccc(-c3cccc(-c4cccc(-c5cccc(-c6ccccc6)c5)c4)c3)c2)cc1-c1ccccn1. The van der Waals surface area contributed by atoms with E-state index in [-0.39, 0.29) is 25.5 Å². The molecule has 0 saturated heterocycles. The third kappa shape index (κ3) is 14.1. The van der Waals surface area contributed by atoms with E-state index in [0.29, 0.717) is 0 Å². The Balaban J connectivity index is 0.000000172. The first kappa shape index (κ1) is 61.7. The molecule has 2 heterocycles. The summed E-state index contributed by atoms with van der Waals surface area (Å²) in [4.78, 5) is 9.02. The van der Waals surface area contributed by atoms with Crippen LogP contribution < -0.4 is 0 Å². The first-order chi connectivity index (χ1) is 45.8. The largest absolute Gasteiger partial charge is 0.305 e. The Morgan fingerprint density at radius 2 is 0.447 bits per heavy atom. The van der Waals surface area contributed by atoms with Crippen molar-refractivity contribution in [2.45, 2.75) is 19.3 Å². The first-order valence-corrected chi connectivity index (χ1v) is 31.7. The van der Waals surface area contributed by atoms with Gasteiger partial charge in [0.15, 0.2) is 0 Å². The number of hydrogen-bond donors (Lipinski definition) is 0. The fourth-order valence-corrected chi connectivity index (χ4v) is 12.4. The van der Waals surface area contributed by atoms with Crippen LogP contribution in [-0.4, -0.2) is 9.97 Å². The molecule has 0 N–H and O–H groups in total. The Labute approximate surface area is 566 Å². The molecule has 2 nitrogen and oxygen atoms in total. The fourth-order valence-electron chi connectivity index (χ4n) is 12.4. The van der Waals surface area contributed by atoms with Crippen LogP contribution in [0.15, 0.2) is 364 Å². The van der Waals surface area contributed by atoms with E-state index < -0.39 is 0 Å². The molecule has 0 aliphatic carbocycles. The minimum Gasteiger partial charge on any atom is -0.305 e. The molecular formula is C91H66IrN2-2. The van der Waals surface area contributed by atoms with E-state index in [1.807, 2.05) is 60.9 Å². The third-order valence-corrected chi connectivity index (χ3v) is 17.6. The molecule has 0 spiro atoms. The Hall–Kier alpha value is -11.2. The number of rotatable bonds is 14. The van der Waals surface area contributed by atoms with E-state index in [0.717, 1.165) is 33.6 Å². The zero-order valence-corrected chi connectivity index (χ0v) is 54.8. The number of benzene rings is 13. The zero-order chi connectivity index (χ0) is 62.8. The van der Waals surface area contributed by atoms with Crippen LogP contribution in [0.1, 0.15) is 25.0 Å². The van der Waals surface area contributed by atoms with Gasteiger partial charge in [0.1, 0.15) is 0 Å². The number of aromatic nitrogens is 2. The van der Waals surface area contributed by atoms with Gasteiger partial charge in [0.2, 0.25) is 0 Å². The molecule has 0 atom stereocenters. The number of nitrogens with zero attached hydrogens (tertiary/aromatic N) is 2. The van der Waals surface area contributed by atoms with E-state index in [1.54, 1.807) is 0 Å². The van der Waals surface area contributed by atoms with Crippen LogP contribution in [0.2, 0.25) is 0 Å². The average molecular weight is 1380 g/mol.